The highest BCUT2D eigenvalue weighted by molar-refractivity contribution is 7.84. The van der Waals surface area contributed by atoms with Crippen molar-refractivity contribution in [3.63, 3.8) is 0 Å². The summed E-state index contributed by atoms with van der Waals surface area (Å²) in [5.74, 6) is -0.456. The van der Waals surface area contributed by atoms with E-state index in [4.69, 9.17) is 19.3 Å². The maximum Gasteiger partial charge on any atom is 0.306 e. The first-order valence-corrected chi connectivity index (χ1v) is 10.4. The fourth-order valence-electron chi connectivity index (χ4n) is 1.55. The third kappa shape index (κ3) is 19.6. The molecule has 0 aromatic carbocycles. The summed E-state index contributed by atoms with van der Waals surface area (Å²) in [4.78, 5) is 34.1. The lowest BCUT2D eigenvalue weighted by Crippen LogP contribution is -2.30. The van der Waals surface area contributed by atoms with Crippen molar-refractivity contribution in [2.24, 2.45) is 0 Å². The third-order valence-corrected chi connectivity index (χ3v) is 4.02. The van der Waals surface area contributed by atoms with Gasteiger partial charge >= 0.3 is 17.9 Å². The zero-order chi connectivity index (χ0) is 21.1. The largest absolute Gasteiger partial charge is 0.462 e. The Labute approximate surface area is 173 Å². The number of thiol groups is 2. The van der Waals surface area contributed by atoms with Crippen molar-refractivity contribution in [1.29, 1.82) is 0 Å². The molecule has 0 aromatic rings. The van der Waals surface area contributed by atoms with Gasteiger partial charge in [0.15, 0.2) is 6.10 Å². The van der Waals surface area contributed by atoms with Crippen LogP contribution in [-0.4, -0.2) is 59.9 Å². The van der Waals surface area contributed by atoms with E-state index in [1.807, 2.05) is 20.8 Å². The van der Waals surface area contributed by atoms with Crippen molar-refractivity contribution >= 4 is 43.2 Å². The Morgan fingerprint density at radius 2 is 1.26 bits per heavy atom. The van der Waals surface area contributed by atoms with Gasteiger partial charge in [0.05, 0.1) is 6.61 Å². The van der Waals surface area contributed by atoms with Gasteiger partial charge in [0.1, 0.15) is 13.2 Å². The molecule has 27 heavy (non-hydrogen) atoms. The normalized spacial score (nSPS) is 11.2. The van der Waals surface area contributed by atoms with Gasteiger partial charge in [-0.25, -0.2) is 0 Å². The van der Waals surface area contributed by atoms with Gasteiger partial charge in [-0.05, 0) is 19.3 Å². The lowest BCUT2D eigenvalue weighted by Gasteiger charge is -2.18. The molecule has 0 fully saturated rings. The maximum absolute atomic E-state index is 11.5. The van der Waals surface area contributed by atoms with Crippen LogP contribution in [0.2, 0.25) is 0 Å². The molecule has 0 radical (unpaired) electrons. The van der Waals surface area contributed by atoms with E-state index in [-0.39, 0.29) is 49.4 Å². The van der Waals surface area contributed by atoms with E-state index in [0.29, 0.717) is 37.9 Å². The van der Waals surface area contributed by atoms with E-state index in [9.17, 15) is 14.4 Å². The van der Waals surface area contributed by atoms with Crippen LogP contribution in [0.4, 0.5) is 0 Å². The fraction of sp³-hybridized carbons (Fsp3) is 0.833. The first kappa shape index (κ1) is 28.3. The highest BCUT2D eigenvalue weighted by Crippen LogP contribution is 2.03. The Bertz CT molecular complexity index is 379. The molecule has 1 atom stereocenters. The monoisotopic (exact) mass is 426 g/mol. The topological polar surface area (TPSA) is 99.1 Å². The van der Waals surface area contributed by atoms with Gasteiger partial charge < -0.3 is 19.3 Å². The van der Waals surface area contributed by atoms with Gasteiger partial charge in [-0.1, -0.05) is 20.8 Å². The number of hydrogen-bond acceptors (Lipinski definition) is 9. The molecule has 7 nitrogen and oxygen atoms in total. The molecule has 0 aromatic heterocycles. The van der Waals surface area contributed by atoms with Gasteiger partial charge in [-0.3, -0.25) is 14.4 Å². The molecule has 0 heterocycles. The molecule has 0 saturated heterocycles. The van der Waals surface area contributed by atoms with Crippen molar-refractivity contribution < 1.29 is 33.7 Å². The van der Waals surface area contributed by atoms with E-state index in [1.165, 1.54) is 0 Å². The average molecular weight is 427 g/mol. The Kier molecular flexibility index (Phi) is 20.8. The van der Waals surface area contributed by atoms with E-state index in [2.05, 4.69) is 25.3 Å². The number of carbonyl (C=O) groups is 3. The molecule has 0 bridgehead atoms. The van der Waals surface area contributed by atoms with Crippen LogP contribution < -0.4 is 0 Å². The molecule has 0 aliphatic carbocycles. The third-order valence-electron chi connectivity index (χ3n) is 2.94. The standard InChI is InChI=1S/C15H26O6.C3H8OS2/c1-4-7-13(16)19-10-12(21-15(18)9-6-3)11-20-14(17)8-5-2;4-1-3(6)2-5/h12H,4-11H2,1-3H3;3-6H,1-2H2. The van der Waals surface area contributed by atoms with Gasteiger partial charge in [-0.15, -0.1) is 0 Å². The highest BCUT2D eigenvalue weighted by Gasteiger charge is 2.18. The average Bonchev–Trinajstić information content (AvgIpc) is 2.64. The molecule has 160 valence electrons. The lowest BCUT2D eigenvalue weighted by atomic mass is 10.3. The molecule has 0 aliphatic heterocycles. The summed E-state index contributed by atoms with van der Waals surface area (Å²) in [7, 11) is 0. The van der Waals surface area contributed by atoms with Crippen molar-refractivity contribution in [3.05, 3.63) is 0 Å². The summed E-state index contributed by atoms with van der Waals surface area (Å²) in [5.41, 5.74) is 0. The Morgan fingerprint density at radius 3 is 1.56 bits per heavy atom. The molecule has 0 aliphatic rings. The Hall–Kier alpha value is -0.930. The molecule has 0 rings (SSSR count). The molecule has 0 amide bonds. The molecular formula is C18H34O7S2. The van der Waals surface area contributed by atoms with Crippen LogP contribution in [0.3, 0.4) is 0 Å². The second-order valence-corrected chi connectivity index (χ2v) is 6.84. The first-order valence-electron chi connectivity index (χ1n) is 9.24. The number of hydrogen-bond donors (Lipinski definition) is 3. The summed E-state index contributed by atoms with van der Waals surface area (Å²) < 4.78 is 15.2. The van der Waals surface area contributed by atoms with E-state index in [1.54, 1.807) is 0 Å². The van der Waals surface area contributed by atoms with Crippen LogP contribution in [-0.2, 0) is 28.6 Å². The number of aliphatic hydroxyl groups excluding tert-OH is 1. The SMILES string of the molecule is CCCC(=O)OCC(COC(=O)CCC)OC(=O)CCC.OCC(S)CS. The van der Waals surface area contributed by atoms with Crippen LogP contribution in [0, 0.1) is 0 Å². The van der Waals surface area contributed by atoms with Crippen molar-refractivity contribution in [2.45, 2.75) is 70.7 Å². The molecular weight excluding hydrogens is 392 g/mol. The van der Waals surface area contributed by atoms with E-state index < -0.39 is 6.10 Å². The number of aliphatic hydroxyl groups is 1. The fourth-order valence-corrected chi connectivity index (χ4v) is 1.66. The molecule has 9 heteroatoms. The summed E-state index contributed by atoms with van der Waals surface area (Å²) in [6.45, 7) is 5.53. The van der Waals surface area contributed by atoms with E-state index >= 15 is 0 Å². The predicted octanol–water partition coefficient (Wildman–Crippen LogP) is 2.59. The Morgan fingerprint density at radius 1 is 0.852 bits per heavy atom. The summed E-state index contributed by atoms with van der Waals surface area (Å²) in [5, 5.41) is 8.26. The first-order chi connectivity index (χ1) is 12.8. The minimum atomic E-state index is -0.745. The van der Waals surface area contributed by atoms with Crippen LogP contribution in [0.5, 0.6) is 0 Å². The lowest BCUT2D eigenvalue weighted by molar-refractivity contribution is -0.166. The second kappa shape index (κ2) is 19.8. The summed E-state index contributed by atoms with van der Waals surface area (Å²) in [6.07, 6.45) is 2.19. The molecule has 0 saturated carbocycles. The molecule has 1 unspecified atom stereocenters. The number of carbonyl (C=O) groups excluding carboxylic acids is 3. The Balaban J connectivity index is 0. The quantitative estimate of drug-likeness (QED) is 0.236. The number of rotatable bonds is 13. The zero-order valence-corrected chi connectivity index (χ0v) is 18.3. The summed E-state index contributed by atoms with van der Waals surface area (Å²) >= 11 is 7.76. The van der Waals surface area contributed by atoms with Crippen LogP contribution in [0.25, 0.3) is 0 Å². The highest BCUT2D eigenvalue weighted by atomic mass is 32.1. The van der Waals surface area contributed by atoms with Crippen molar-refractivity contribution in [2.75, 3.05) is 25.6 Å². The van der Waals surface area contributed by atoms with Crippen LogP contribution in [0.1, 0.15) is 59.3 Å². The molecule has 0 spiro atoms. The predicted molar refractivity (Wildman–Crippen MR) is 110 cm³/mol. The van der Waals surface area contributed by atoms with Crippen LogP contribution in [0.15, 0.2) is 0 Å². The van der Waals surface area contributed by atoms with Gasteiger partial charge in [0, 0.05) is 30.3 Å². The molecule has 1 N–H and O–H groups in total. The smallest absolute Gasteiger partial charge is 0.306 e. The minimum Gasteiger partial charge on any atom is -0.462 e. The van der Waals surface area contributed by atoms with Gasteiger partial charge in [0.25, 0.3) is 0 Å². The maximum atomic E-state index is 11.5. The van der Waals surface area contributed by atoms with Gasteiger partial charge in [-0.2, -0.15) is 25.3 Å². The van der Waals surface area contributed by atoms with Crippen LogP contribution >= 0.6 is 25.3 Å². The van der Waals surface area contributed by atoms with Gasteiger partial charge in [0.2, 0.25) is 0 Å². The van der Waals surface area contributed by atoms with Crippen molar-refractivity contribution in [1.82, 2.24) is 0 Å². The number of ether oxygens (including phenoxy) is 3. The van der Waals surface area contributed by atoms with Crippen molar-refractivity contribution in [3.8, 4) is 0 Å². The zero-order valence-electron chi connectivity index (χ0n) is 16.5. The summed E-state index contributed by atoms with van der Waals surface area (Å²) in [6, 6.07) is 0. The second-order valence-electron chi connectivity index (χ2n) is 5.75. The number of esters is 3. The minimum absolute atomic E-state index is 0.0494. The van der Waals surface area contributed by atoms with E-state index in [0.717, 1.165) is 0 Å².